The van der Waals surface area contributed by atoms with Crippen molar-refractivity contribution in [3.63, 3.8) is 0 Å². The first kappa shape index (κ1) is 16.2. The highest BCUT2D eigenvalue weighted by molar-refractivity contribution is 6.07. The molecule has 1 saturated carbocycles. The van der Waals surface area contributed by atoms with Crippen LogP contribution in [0.15, 0.2) is 54.6 Å². The Morgan fingerprint density at radius 3 is 2.17 bits per heavy atom. The van der Waals surface area contributed by atoms with Crippen LogP contribution < -0.4 is 4.90 Å². The van der Waals surface area contributed by atoms with E-state index in [-0.39, 0.29) is 11.8 Å². The van der Waals surface area contributed by atoms with Crippen LogP contribution in [0.25, 0.3) is 0 Å². The van der Waals surface area contributed by atoms with Crippen molar-refractivity contribution in [2.45, 2.75) is 25.8 Å². The predicted octanol–water partition coefficient (Wildman–Crippen LogP) is 3.59. The van der Waals surface area contributed by atoms with Gasteiger partial charge in [0.05, 0.1) is 0 Å². The number of amides is 2. The number of hydrogen-bond acceptors (Lipinski definition) is 2. The number of nitrogens with zero attached hydrogens (tertiary/aromatic N) is 2. The van der Waals surface area contributed by atoms with E-state index in [2.05, 4.69) is 0 Å². The standard InChI is InChI=1S/C20H22N2O2/c1-3-22(18-12-13-18)20(24)16-9-7-8-15(14-16)19(23)21(2)17-10-5-4-6-11-17/h4-11,14,18H,3,12-13H2,1-2H3. The zero-order valence-corrected chi connectivity index (χ0v) is 14.1. The highest BCUT2D eigenvalue weighted by Gasteiger charge is 2.32. The second-order valence-electron chi connectivity index (χ2n) is 6.10. The van der Waals surface area contributed by atoms with Crippen molar-refractivity contribution in [2.24, 2.45) is 0 Å². The Bertz CT molecular complexity index is 738. The van der Waals surface area contributed by atoms with Crippen molar-refractivity contribution in [2.75, 3.05) is 18.5 Å². The number of anilines is 1. The highest BCUT2D eigenvalue weighted by Crippen LogP contribution is 2.28. The van der Waals surface area contributed by atoms with E-state index >= 15 is 0 Å². The van der Waals surface area contributed by atoms with Crippen molar-refractivity contribution in [3.05, 3.63) is 65.7 Å². The van der Waals surface area contributed by atoms with Gasteiger partial charge < -0.3 is 9.80 Å². The van der Waals surface area contributed by atoms with E-state index in [0.717, 1.165) is 18.5 Å². The Labute approximate surface area is 142 Å². The summed E-state index contributed by atoms with van der Waals surface area (Å²) in [6.07, 6.45) is 2.16. The maximum Gasteiger partial charge on any atom is 0.258 e. The zero-order valence-electron chi connectivity index (χ0n) is 14.1. The molecule has 1 aliphatic rings. The van der Waals surface area contributed by atoms with E-state index in [1.54, 1.807) is 36.2 Å². The summed E-state index contributed by atoms with van der Waals surface area (Å²) in [5, 5.41) is 0. The van der Waals surface area contributed by atoms with Crippen LogP contribution in [0.4, 0.5) is 5.69 Å². The smallest absolute Gasteiger partial charge is 0.258 e. The third-order valence-electron chi connectivity index (χ3n) is 4.39. The maximum atomic E-state index is 12.7. The molecular formula is C20H22N2O2. The number of hydrogen-bond donors (Lipinski definition) is 0. The summed E-state index contributed by atoms with van der Waals surface area (Å²) in [4.78, 5) is 28.9. The van der Waals surface area contributed by atoms with Crippen LogP contribution in [0.5, 0.6) is 0 Å². The molecule has 0 bridgehead atoms. The van der Waals surface area contributed by atoms with Crippen LogP contribution >= 0.6 is 0 Å². The number of carbonyl (C=O) groups is 2. The monoisotopic (exact) mass is 322 g/mol. The molecule has 2 amide bonds. The molecule has 1 fully saturated rings. The third-order valence-corrected chi connectivity index (χ3v) is 4.39. The van der Waals surface area contributed by atoms with Gasteiger partial charge in [-0.3, -0.25) is 9.59 Å². The molecule has 0 aliphatic heterocycles. The van der Waals surface area contributed by atoms with E-state index < -0.39 is 0 Å². The van der Waals surface area contributed by atoms with Gasteiger partial charge in [-0.05, 0) is 50.1 Å². The summed E-state index contributed by atoms with van der Waals surface area (Å²) in [6, 6.07) is 16.9. The summed E-state index contributed by atoms with van der Waals surface area (Å²) >= 11 is 0. The molecule has 24 heavy (non-hydrogen) atoms. The van der Waals surface area contributed by atoms with Gasteiger partial charge in [0.1, 0.15) is 0 Å². The topological polar surface area (TPSA) is 40.6 Å². The average Bonchev–Trinajstić information content (AvgIpc) is 3.47. The molecule has 4 nitrogen and oxygen atoms in total. The van der Waals surface area contributed by atoms with Gasteiger partial charge in [-0.1, -0.05) is 24.3 Å². The van der Waals surface area contributed by atoms with E-state index in [9.17, 15) is 9.59 Å². The summed E-state index contributed by atoms with van der Waals surface area (Å²) in [7, 11) is 1.74. The first-order valence-electron chi connectivity index (χ1n) is 8.36. The fraction of sp³-hybridized carbons (Fsp3) is 0.300. The van der Waals surface area contributed by atoms with Crippen LogP contribution in [-0.4, -0.2) is 36.3 Å². The minimum absolute atomic E-state index is 0.0111. The molecule has 0 spiro atoms. The average molecular weight is 322 g/mol. The van der Waals surface area contributed by atoms with Gasteiger partial charge in [0, 0.05) is 36.4 Å². The lowest BCUT2D eigenvalue weighted by atomic mass is 10.1. The summed E-state index contributed by atoms with van der Waals surface area (Å²) in [5.74, 6) is -0.109. The van der Waals surface area contributed by atoms with Gasteiger partial charge in [-0.25, -0.2) is 0 Å². The predicted molar refractivity (Wildman–Crippen MR) is 95.4 cm³/mol. The van der Waals surface area contributed by atoms with Crippen LogP contribution in [-0.2, 0) is 0 Å². The fourth-order valence-corrected chi connectivity index (χ4v) is 2.87. The van der Waals surface area contributed by atoms with Gasteiger partial charge in [0.15, 0.2) is 0 Å². The molecule has 3 rings (SSSR count). The van der Waals surface area contributed by atoms with Crippen molar-refractivity contribution in [3.8, 4) is 0 Å². The van der Waals surface area contributed by atoms with Crippen molar-refractivity contribution in [1.29, 1.82) is 0 Å². The SMILES string of the molecule is CCN(C(=O)c1cccc(C(=O)N(C)c2ccccc2)c1)C1CC1. The largest absolute Gasteiger partial charge is 0.336 e. The summed E-state index contributed by atoms with van der Waals surface area (Å²) < 4.78 is 0. The molecule has 1 aliphatic carbocycles. The Kier molecular flexibility index (Phi) is 4.65. The Hall–Kier alpha value is -2.62. The Morgan fingerprint density at radius 2 is 1.58 bits per heavy atom. The second-order valence-corrected chi connectivity index (χ2v) is 6.10. The van der Waals surface area contributed by atoms with Gasteiger partial charge in [0.25, 0.3) is 11.8 Å². The van der Waals surface area contributed by atoms with E-state index in [0.29, 0.717) is 23.7 Å². The molecule has 0 radical (unpaired) electrons. The lowest BCUT2D eigenvalue weighted by Gasteiger charge is -2.21. The van der Waals surface area contributed by atoms with Crippen LogP contribution in [0.1, 0.15) is 40.5 Å². The van der Waals surface area contributed by atoms with Crippen LogP contribution in [0.2, 0.25) is 0 Å². The molecule has 124 valence electrons. The first-order valence-corrected chi connectivity index (χ1v) is 8.36. The second kappa shape index (κ2) is 6.87. The lowest BCUT2D eigenvalue weighted by molar-refractivity contribution is 0.0752. The fourth-order valence-electron chi connectivity index (χ4n) is 2.87. The molecule has 2 aromatic carbocycles. The van der Waals surface area contributed by atoms with Gasteiger partial charge in [-0.15, -0.1) is 0 Å². The maximum absolute atomic E-state index is 12.7. The minimum Gasteiger partial charge on any atom is -0.336 e. The number of benzene rings is 2. The molecule has 0 atom stereocenters. The molecule has 0 aromatic heterocycles. The van der Waals surface area contributed by atoms with Gasteiger partial charge in [0.2, 0.25) is 0 Å². The van der Waals surface area contributed by atoms with Crippen molar-refractivity contribution < 1.29 is 9.59 Å². The number of carbonyl (C=O) groups excluding carboxylic acids is 2. The van der Waals surface area contributed by atoms with Gasteiger partial charge in [-0.2, -0.15) is 0 Å². The van der Waals surface area contributed by atoms with Crippen LogP contribution in [0.3, 0.4) is 0 Å². The molecule has 0 heterocycles. The molecule has 4 heteroatoms. The number of para-hydroxylation sites is 1. The normalized spacial score (nSPS) is 13.4. The van der Waals surface area contributed by atoms with E-state index in [1.165, 1.54) is 0 Å². The van der Waals surface area contributed by atoms with Crippen molar-refractivity contribution in [1.82, 2.24) is 4.90 Å². The van der Waals surface area contributed by atoms with Crippen molar-refractivity contribution >= 4 is 17.5 Å². The lowest BCUT2D eigenvalue weighted by Crippen LogP contribution is -2.33. The summed E-state index contributed by atoms with van der Waals surface area (Å²) in [6.45, 7) is 2.69. The molecule has 0 saturated heterocycles. The van der Waals surface area contributed by atoms with Crippen LogP contribution in [0, 0.1) is 0 Å². The molecule has 0 unspecified atom stereocenters. The molecular weight excluding hydrogens is 300 g/mol. The van der Waals surface area contributed by atoms with E-state index in [1.807, 2.05) is 42.2 Å². The zero-order chi connectivity index (χ0) is 17.1. The molecule has 0 N–H and O–H groups in total. The quantitative estimate of drug-likeness (QED) is 0.844. The first-order chi connectivity index (χ1) is 11.6. The minimum atomic E-state index is -0.120. The Morgan fingerprint density at radius 1 is 0.958 bits per heavy atom. The van der Waals surface area contributed by atoms with Gasteiger partial charge >= 0.3 is 0 Å². The third kappa shape index (κ3) is 3.32. The highest BCUT2D eigenvalue weighted by atomic mass is 16.2. The molecule has 2 aromatic rings. The Balaban J connectivity index is 1.82. The number of rotatable bonds is 5. The summed E-state index contributed by atoms with van der Waals surface area (Å²) in [5.41, 5.74) is 1.93. The van der Waals surface area contributed by atoms with E-state index in [4.69, 9.17) is 0 Å².